The predicted molar refractivity (Wildman–Crippen MR) is 109 cm³/mol. The van der Waals surface area contributed by atoms with Crippen LogP contribution in [0.15, 0.2) is 22.7 Å². The quantitative estimate of drug-likeness (QED) is 0.671. The Morgan fingerprint density at radius 2 is 1.79 bits per heavy atom. The van der Waals surface area contributed by atoms with Gasteiger partial charge < -0.3 is 14.6 Å². The van der Waals surface area contributed by atoms with Crippen molar-refractivity contribution >= 4 is 29.2 Å². The van der Waals surface area contributed by atoms with Crippen LogP contribution in [0.2, 0.25) is 10.0 Å². The molecular formula is C21H24Cl2N2O3. The number of hydrogen-bond donors (Lipinski definition) is 1. The van der Waals surface area contributed by atoms with Gasteiger partial charge in [0.1, 0.15) is 17.4 Å². The molecule has 28 heavy (non-hydrogen) atoms. The Hall–Kier alpha value is -1.56. The predicted octanol–water partition coefficient (Wildman–Crippen LogP) is 5.39. The molecule has 2 saturated heterocycles. The Morgan fingerprint density at radius 3 is 2.36 bits per heavy atom. The smallest absolute Gasteiger partial charge is 0.344 e. The maximum atomic E-state index is 13.3. The molecule has 3 heterocycles. The van der Waals surface area contributed by atoms with Gasteiger partial charge >= 0.3 is 5.97 Å². The number of rotatable bonds is 3. The lowest BCUT2D eigenvalue weighted by Gasteiger charge is -2.29. The Morgan fingerprint density at radius 1 is 1.18 bits per heavy atom. The number of aromatic nitrogens is 1. The second-order valence-corrected chi connectivity index (χ2v) is 9.53. The molecular weight excluding hydrogens is 399 g/mol. The Kier molecular flexibility index (Phi) is 5.19. The van der Waals surface area contributed by atoms with E-state index in [9.17, 15) is 4.79 Å². The molecule has 7 heteroatoms. The van der Waals surface area contributed by atoms with Crippen molar-refractivity contribution in [2.45, 2.75) is 70.1 Å². The summed E-state index contributed by atoms with van der Waals surface area (Å²) in [5.74, 6) is 0.0452. The van der Waals surface area contributed by atoms with Crippen molar-refractivity contribution in [3.05, 3.63) is 39.6 Å². The van der Waals surface area contributed by atoms with E-state index >= 15 is 0 Å². The summed E-state index contributed by atoms with van der Waals surface area (Å²) in [4.78, 5) is 13.3. The molecule has 0 spiro atoms. The lowest BCUT2D eigenvalue weighted by Crippen LogP contribution is -2.42. The summed E-state index contributed by atoms with van der Waals surface area (Å²) in [6.45, 7) is 5.90. The maximum absolute atomic E-state index is 13.3. The molecule has 2 aliphatic heterocycles. The number of hydrogen-bond acceptors (Lipinski definition) is 5. The van der Waals surface area contributed by atoms with E-state index in [1.54, 1.807) is 18.2 Å². The third kappa shape index (κ3) is 3.68. The molecule has 2 aromatic rings. The Bertz CT molecular complexity index is 871. The number of esters is 1. The monoisotopic (exact) mass is 422 g/mol. The topological polar surface area (TPSA) is 64.4 Å². The fourth-order valence-corrected chi connectivity index (χ4v) is 4.77. The van der Waals surface area contributed by atoms with Crippen molar-refractivity contribution < 1.29 is 14.1 Å². The van der Waals surface area contributed by atoms with Gasteiger partial charge in [0.25, 0.3) is 0 Å². The minimum Gasteiger partial charge on any atom is -0.459 e. The van der Waals surface area contributed by atoms with Crippen molar-refractivity contribution in [2.24, 2.45) is 0 Å². The van der Waals surface area contributed by atoms with E-state index < -0.39 is 11.4 Å². The zero-order chi connectivity index (χ0) is 20.1. The normalized spacial score (nSPS) is 24.4. The van der Waals surface area contributed by atoms with Crippen LogP contribution >= 0.6 is 23.2 Å². The highest BCUT2D eigenvalue weighted by molar-refractivity contribution is 6.39. The van der Waals surface area contributed by atoms with Crippen LogP contribution in [0.4, 0.5) is 0 Å². The van der Waals surface area contributed by atoms with Crippen LogP contribution in [-0.2, 0) is 10.2 Å². The summed E-state index contributed by atoms with van der Waals surface area (Å²) >= 11 is 12.8. The zero-order valence-electron chi connectivity index (χ0n) is 16.2. The van der Waals surface area contributed by atoms with Gasteiger partial charge in [0.2, 0.25) is 0 Å². The molecule has 0 radical (unpaired) electrons. The van der Waals surface area contributed by atoms with Crippen molar-refractivity contribution in [2.75, 3.05) is 0 Å². The summed E-state index contributed by atoms with van der Waals surface area (Å²) in [7, 11) is 0. The third-order valence-corrected chi connectivity index (χ3v) is 6.11. The molecule has 0 saturated carbocycles. The fourth-order valence-electron chi connectivity index (χ4n) is 4.20. The molecule has 3 atom stereocenters. The van der Waals surface area contributed by atoms with Gasteiger partial charge in [-0.05, 0) is 37.8 Å². The summed E-state index contributed by atoms with van der Waals surface area (Å²) in [5.41, 5.74) is 0.707. The van der Waals surface area contributed by atoms with E-state index in [2.05, 4.69) is 10.5 Å². The van der Waals surface area contributed by atoms with Gasteiger partial charge in [0.05, 0.1) is 10.0 Å². The number of benzene rings is 1. The molecule has 2 bridgehead atoms. The molecule has 1 unspecified atom stereocenters. The Balaban J connectivity index is 1.72. The van der Waals surface area contributed by atoms with Crippen LogP contribution in [0.5, 0.6) is 0 Å². The number of nitrogens with zero attached hydrogens (tertiary/aromatic N) is 1. The summed E-state index contributed by atoms with van der Waals surface area (Å²) in [6.07, 6.45) is 3.84. The largest absolute Gasteiger partial charge is 0.459 e. The second-order valence-electron chi connectivity index (χ2n) is 8.72. The lowest BCUT2D eigenvalue weighted by atomic mass is 9.88. The first-order valence-electron chi connectivity index (χ1n) is 9.65. The summed E-state index contributed by atoms with van der Waals surface area (Å²) < 4.78 is 11.5. The number of nitrogens with one attached hydrogen (secondary N) is 1. The Labute approximate surface area is 174 Å². The number of fused-ring (bicyclic) bond motifs is 2. The van der Waals surface area contributed by atoms with Crippen molar-refractivity contribution in [3.8, 4) is 11.3 Å². The first-order chi connectivity index (χ1) is 13.2. The highest BCUT2D eigenvalue weighted by Crippen LogP contribution is 2.40. The van der Waals surface area contributed by atoms with Crippen LogP contribution in [0.25, 0.3) is 11.3 Å². The molecule has 2 fully saturated rings. The third-order valence-electron chi connectivity index (χ3n) is 5.48. The van der Waals surface area contributed by atoms with Crippen LogP contribution in [-0.4, -0.2) is 29.3 Å². The number of carbonyl (C=O) groups is 1. The van der Waals surface area contributed by atoms with Gasteiger partial charge in [-0.3, -0.25) is 0 Å². The number of halogens is 2. The molecule has 1 N–H and O–H groups in total. The highest BCUT2D eigenvalue weighted by atomic mass is 35.5. The number of piperidine rings is 1. The fraction of sp³-hybridized carbons (Fsp3) is 0.524. The van der Waals surface area contributed by atoms with Crippen LogP contribution in [0.3, 0.4) is 0 Å². The maximum Gasteiger partial charge on any atom is 0.344 e. The van der Waals surface area contributed by atoms with E-state index in [4.69, 9.17) is 32.5 Å². The average molecular weight is 423 g/mol. The minimum absolute atomic E-state index is 0.108. The summed E-state index contributed by atoms with van der Waals surface area (Å²) in [6, 6.07) is 6.04. The number of carbonyl (C=O) groups excluding carboxylic acids is 1. The number of ether oxygens (including phenoxy) is 1. The van der Waals surface area contributed by atoms with E-state index in [-0.39, 0.29) is 6.10 Å². The van der Waals surface area contributed by atoms with Crippen molar-refractivity contribution in [1.29, 1.82) is 0 Å². The van der Waals surface area contributed by atoms with Crippen molar-refractivity contribution in [3.63, 3.8) is 0 Å². The van der Waals surface area contributed by atoms with Gasteiger partial charge in [0.15, 0.2) is 5.76 Å². The minimum atomic E-state index is -0.430. The summed E-state index contributed by atoms with van der Waals surface area (Å²) in [5, 5.41) is 8.56. The van der Waals surface area contributed by atoms with Gasteiger partial charge in [-0.1, -0.05) is 55.2 Å². The molecule has 0 aliphatic carbocycles. The van der Waals surface area contributed by atoms with E-state index in [1.807, 2.05) is 20.8 Å². The van der Waals surface area contributed by atoms with Gasteiger partial charge in [0, 0.05) is 23.1 Å². The van der Waals surface area contributed by atoms with E-state index in [1.165, 1.54) is 0 Å². The van der Waals surface area contributed by atoms with Gasteiger partial charge in [-0.2, -0.15) is 0 Å². The van der Waals surface area contributed by atoms with Crippen LogP contribution in [0.1, 0.15) is 62.6 Å². The first-order valence-corrected chi connectivity index (χ1v) is 10.4. The molecule has 1 aromatic carbocycles. The SMILES string of the molecule is CC(C)(C)c1onc(-c2c(Cl)cccc2Cl)c1C(=O)O[C@H]1CC2CC[C@@H](C1)N2. The van der Waals surface area contributed by atoms with E-state index in [0.717, 1.165) is 25.7 Å². The van der Waals surface area contributed by atoms with Crippen molar-refractivity contribution in [1.82, 2.24) is 10.5 Å². The second kappa shape index (κ2) is 7.36. The molecule has 1 aromatic heterocycles. The van der Waals surface area contributed by atoms with Crippen LogP contribution < -0.4 is 5.32 Å². The van der Waals surface area contributed by atoms with Gasteiger partial charge in [-0.25, -0.2) is 4.79 Å². The molecule has 4 rings (SSSR count). The zero-order valence-corrected chi connectivity index (χ0v) is 17.7. The first kappa shape index (κ1) is 19.7. The standard InChI is InChI=1S/C21H24Cl2N2O3/c1-21(2,3)19-17(18(25-28-19)16-14(22)5-4-6-15(16)23)20(26)27-13-9-11-7-8-12(10-13)24-11/h4-6,11-13,24H,7-10H2,1-3H3/t11-,12?,13+/m0/s1. The highest BCUT2D eigenvalue weighted by Gasteiger charge is 2.38. The molecule has 150 valence electrons. The van der Waals surface area contributed by atoms with E-state index in [0.29, 0.717) is 44.7 Å². The molecule has 2 aliphatic rings. The molecule has 5 nitrogen and oxygen atoms in total. The average Bonchev–Trinajstić information content (AvgIpc) is 3.18. The molecule has 0 amide bonds. The lowest BCUT2D eigenvalue weighted by molar-refractivity contribution is 0.0174. The van der Waals surface area contributed by atoms with Gasteiger partial charge in [-0.15, -0.1) is 0 Å². The van der Waals surface area contributed by atoms with Crippen LogP contribution in [0, 0.1) is 0 Å².